The zero-order valence-corrected chi connectivity index (χ0v) is 17.3. The Morgan fingerprint density at radius 1 is 1.04 bits per heavy atom. The Kier molecular flexibility index (Phi) is 5.82. The van der Waals surface area contributed by atoms with Gasteiger partial charge in [0.2, 0.25) is 0 Å². The fourth-order valence-corrected chi connectivity index (χ4v) is 3.63. The van der Waals surface area contributed by atoms with E-state index in [0.717, 1.165) is 12.8 Å². The Labute approximate surface area is 155 Å². The van der Waals surface area contributed by atoms with E-state index in [1.54, 1.807) is 5.57 Å². The summed E-state index contributed by atoms with van der Waals surface area (Å²) in [4.78, 5) is 0. The van der Waals surface area contributed by atoms with Crippen LogP contribution in [0, 0.1) is 22.7 Å². The number of hydrogen-bond donors (Lipinski definition) is 0. The largest absolute Gasteiger partial charge is 0.0958 e. The third-order valence-corrected chi connectivity index (χ3v) is 5.27. The summed E-state index contributed by atoms with van der Waals surface area (Å²) in [7, 11) is 0. The minimum absolute atomic E-state index is 0.211. The third kappa shape index (κ3) is 5.21. The van der Waals surface area contributed by atoms with Gasteiger partial charge in [0, 0.05) is 5.92 Å². The molecule has 0 bridgehead atoms. The lowest BCUT2D eigenvalue weighted by molar-refractivity contribution is 0.457. The molecule has 0 aliphatic heterocycles. The van der Waals surface area contributed by atoms with Gasteiger partial charge in [-0.25, -0.2) is 0 Å². The fraction of sp³-hybridized carbons (Fsp3) is 0.520. The summed E-state index contributed by atoms with van der Waals surface area (Å²) in [5.41, 5.74) is 6.08. The van der Waals surface area contributed by atoms with Gasteiger partial charge in [-0.3, -0.25) is 0 Å². The highest BCUT2D eigenvalue weighted by Crippen LogP contribution is 2.44. The van der Waals surface area contributed by atoms with E-state index in [-0.39, 0.29) is 10.8 Å². The molecule has 2 rings (SSSR count). The van der Waals surface area contributed by atoms with E-state index in [2.05, 4.69) is 97.6 Å². The normalized spacial score (nSPS) is 21.7. The highest BCUT2D eigenvalue weighted by atomic mass is 14.4. The maximum atomic E-state index is 4.22. The van der Waals surface area contributed by atoms with E-state index in [4.69, 9.17) is 0 Å². The first-order valence-corrected chi connectivity index (χ1v) is 9.63. The number of rotatable bonds is 5. The van der Waals surface area contributed by atoms with Crippen molar-refractivity contribution in [3.05, 3.63) is 71.4 Å². The van der Waals surface area contributed by atoms with Crippen molar-refractivity contribution >= 4 is 0 Å². The zero-order chi connectivity index (χ0) is 18.8. The van der Waals surface area contributed by atoms with Crippen molar-refractivity contribution in [2.45, 2.75) is 61.3 Å². The predicted octanol–water partition coefficient (Wildman–Crippen LogP) is 7.59. The van der Waals surface area contributed by atoms with E-state index in [0.29, 0.717) is 11.8 Å². The van der Waals surface area contributed by atoms with Crippen LogP contribution < -0.4 is 0 Å². The lowest BCUT2D eigenvalue weighted by Gasteiger charge is -2.26. The predicted molar refractivity (Wildman–Crippen MR) is 112 cm³/mol. The van der Waals surface area contributed by atoms with E-state index >= 15 is 0 Å². The number of hydrogen-bond acceptors (Lipinski definition) is 0. The molecule has 0 spiro atoms. The van der Waals surface area contributed by atoms with E-state index in [1.165, 1.54) is 16.7 Å². The second kappa shape index (κ2) is 7.36. The Hall–Kier alpha value is -1.56. The summed E-state index contributed by atoms with van der Waals surface area (Å²) in [6, 6.07) is 0. The lowest BCUT2D eigenvalue weighted by Crippen LogP contribution is -2.14. The molecule has 0 saturated heterocycles. The summed E-state index contributed by atoms with van der Waals surface area (Å²) in [6.45, 7) is 20.3. The van der Waals surface area contributed by atoms with Gasteiger partial charge < -0.3 is 0 Å². The molecule has 0 aromatic rings. The first-order chi connectivity index (χ1) is 11.5. The maximum absolute atomic E-state index is 4.22. The Morgan fingerprint density at radius 2 is 1.64 bits per heavy atom. The number of allylic oxidation sites excluding steroid dienone is 11. The molecule has 0 nitrogen and oxygen atoms in total. The smallest absolute Gasteiger partial charge is 0.00259 e. The van der Waals surface area contributed by atoms with Crippen LogP contribution in [0.3, 0.4) is 0 Å². The Bertz CT molecular complexity index is 648. The van der Waals surface area contributed by atoms with Crippen molar-refractivity contribution in [3.63, 3.8) is 0 Å². The monoisotopic (exact) mass is 336 g/mol. The average Bonchev–Trinajstić information content (AvgIpc) is 3.11. The van der Waals surface area contributed by atoms with Gasteiger partial charge in [0.05, 0.1) is 0 Å². The third-order valence-electron chi connectivity index (χ3n) is 5.27. The molecule has 0 heteroatoms. The Morgan fingerprint density at radius 3 is 2.12 bits per heavy atom. The molecule has 0 aromatic heterocycles. The van der Waals surface area contributed by atoms with Crippen LogP contribution in [0.25, 0.3) is 0 Å². The summed E-state index contributed by atoms with van der Waals surface area (Å²) < 4.78 is 0. The molecule has 0 aromatic carbocycles. The topological polar surface area (TPSA) is 0 Å². The summed E-state index contributed by atoms with van der Waals surface area (Å²) in [6.07, 6.45) is 18.4. The molecule has 2 aliphatic rings. The summed E-state index contributed by atoms with van der Waals surface area (Å²) in [5.74, 6) is 1.04. The first-order valence-electron chi connectivity index (χ1n) is 9.63. The molecule has 0 heterocycles. The van der Waals surface area contributed by atoms with Crippen molar-refractivity contribution in [2.75, 3.05) is 0 Å². The molecule has 1 unspecified atom stereocenters. The second-order valence-electron chi connectivity index (χ2n) is 9.71. The van der Waals surface area contributed by atoms with Crippen LogP contribution in [0.2, 0.25) is 0 Å². The summed E-state index contributed by atoms with van der Waals surface area (Å²) in [5, 5.41) is 0. The molecule has 136 valence electrons. The lowest BCUT2D eigenvalue weighted by atomic mass is 9.79. The van der Waals surface area contributed by atoms with Crippen LogP contribution in [0.5, 0.6) is 0 Å². The van der Waals surface area contributed by atoms with Crippen LogP contribution in [0.1, 0.15) is 61.3 Å². The van der Waals surface area contributed by atoms with Crippen molar-refractivity contribution in [1.82, 2.24) is 0 Å². The van der Waals surface area contributed by atoms with Crippen LogP contribution in [0.15, 0.2) is 71.4 Å². The quantitative estimate of drug-likeness (QED) is 0.454. The van der Waals surface area contributed by atoms with Crippen LogP contribution >= 0.6 is 0 Å². The molecular formula is C25H36. The molecule has 1 atom stereocenters. The van der Waals surface area contributed by atoms with Gasteiger partial charge >= 0.3 is 0 Å². The molecule has 25 heavy (non-hydrogen) atoms. The summed E-state index contributed by atoms with van der Waals surface area (Å²) >= 11 is 0. The molecule has 0 N–H and O–H groups in total. The first kappa shape index (κ1) is 19.8. The highest BCUT2D eigenvalue weighted by molar-refractivity contribution is 5.42. The van der Waals surface area contributed by atoms with Gasteiger partial charge in [0.1, 0.15) is 0 Å². The van der Waals surface area contributed by atoms with E-state index in [1.807, 2.05) is 0 Å². The highest BCUT2D eigenvalue weighted by Gasteiger charge is 2.31. The van der Waals surface area contributed by atoms with Gasteiger partial charge in [-0.05, 0) is 47.7 Å². The van der Waals surface area contributed by atoms with Crippen molar-refractivity contribution < 1.29 is 0 Å². The van der Waals surface area contributed by atoms with Crippen molar-refractivity contribution in [1.29, 1.82) is 0 Å². The molecule has 2 aliphatic carbocycles. The molecule has 0 radical (unpaired) electrons. The second-order valence-corrected chi connectivity index (χ2v) is 9.71. The SMILES string of the molecule is C=C(C)/C(=C\CC1C=C(C(C)(C)C)C=C1C(C)(C)C)CC1C=CC=C1. The van der Waals surface area contributed by atoms with E-state index in [9.17, 15) is 0 Å². The minimum atomic E-state index is 0.211. The minimum Gasteiger partial charge on any atom is -0.0958 e. The maximum Gasteiger partial charge on any atom is 0.00259 e. The van der Waals surface area contributed by atoms with Gasteiger partial charge in [-0.15, -0.1) is 0 Å². The fourth-order valence-electron chi connectivity index (χ4n) is 3.63. The molecular weight excluding hydrogens is 300 g/mol. The zero-order valence-electron chi connectivity index (χ0n) is 17.3. The van der Waals surface area contributed by atoms with Gasteiger partial charge in [0.15, 0.2) is 0 Å². The van der Waals surface area contributed by atoms with Crippen molar-refractivity contribution in [3.8, 4) is 0 Å². The molecule has 0 amide bonds. The van der Waals surface area contributed by atoms with Gasteiger partial charge in [-0.1, -0.05) is 102 Å². The molecule has 0 saturated carbocycles. The van der Waals surface area contributed by atoms with Crippen LogP contribution in [-0.2, 0) is 0 Å². The molecule has 0 fully saturated rings. The average molecular weight is 337 g/mol. The van der Waals surface area contributed by atoms with Crippen molar-refractivity contribution in [2.24, 2.45) is 22.7 Å². The van der Waals surface area contributed by atoms with E-state index < -0.39 is 0 Å². The Balaban J connectivity index is 2.21. The van der Waals surface area contributed by atoms with Crippen LogP contribution in [0.4, 0.5) is 0 Å². The van der Waals surface area contributed by atoms with Gasteiger partial charge in [0.25, 0.3) is 0 Å². The van der Waals surface area contributed by atoms with Crippen LogP contribution in [-0.4, -0.2) is 0 Å². The standard InChI is InChI=1S/C25H36/c1-18(2)20(15-19-11-9-10-12-19)13-14-21-16-22(24(3,4)5)17-23(21)25(6,7)8/h9-13,16-17,19,21H,1,14-15H2,2-8H3/b20-13-. The van der Waals surface area contributed by atoms with Gasteiger partial charge in [-0.2, -0.15) is 0 Å².